The molecule has 2 atom stereocenters. The van der Waals surface area contributed by atoms with Gasteiger partial charge in [-0.25, -0.2) is 0 Å². The average molecular weight is 173 g/mol. The molecule has 1 aliphatic carbocycles. The van der Waals surface area contributed by atoms with Crippen molar-refractivity contribution in [3.8, 4) is 0 Å². The molecule has 0 N–H and O–H groups in total. The van der Waals surface area contributed by atoms with E-state index in [4.69, 9.17) is 11.6 Å². The van der Waals surface area contributed by atoms with Gasteiger partial charge in [0.05, 0.1) is 0 Å². The Labute approximate surface area is 74.6 Å². The maximum absolute atomic E-state index is 6.17. The van der Waals surface area contributed by atoms with Gasteiger partial charge in [0.1, 0.15) is 0 Å². The van der Waals surface area contributed by atoms with Crippen LogP contribution in [0, 0.1) is 5.92 Å². The number of rotatable bonds is 3. The highest BCUT2D eigenvalue weighted by atomic mass is 35.5. The van der Waals surface area contributed by atoms with Crippen molar-refractivity contribution >= 4 is 11.6 Å². The Morgan fingerprint density at radius 1 is 1.55 bits per heavy atom. The number of alkyl halides is 1. The Kier molecular flexibility index (Phi) is 3.99. The summed E-state index contributed by atoms with van der Waals surface area (Å²) in [6.07, 6.45) is 10.8. The quantitative estimate of drug-likeness (QED) is 0.449. The molecule has 0 bridgehead atoms. The van der Waals surface area contributed by atoms with Gasteiger partial charge in [0.15, 0.2) is 0 Å². The van der Waals surface area contributed by atoms with E-state index in [1.54, 1.807) is 0 Å². The van der Waals surface area contributed by atoms with Gasteiger partial charge in [-0.15, -0.1) is 11.6 Å². The highest BCUT2D eigenvalue weighted by Gasteiger charge is 2.17. The zero-order valence-electron chi connectivity index (χ0n) is 7.22. The molecule has 0 nitrogen and oxygen atoms in total. The van der Waals surface area contributed by atoms with E-state index in [0.717, 1.165) is 0 Å². The molecule has 0 radical (unpaired) electrons. The molecule has 1 aliphatic rings. The van der Waals surface area contributed by atoms with Gasteiger partial charge in [0.2, 0.25) is 0 Å². The first-order valence-electron chi connectivity index (χ1n) is 4.65. The number of unbranched alkanes of at least 4 members (excludes halogenated alkanes) is 1. The van der Waals surface area contributed by atoms with Gasteiger partial charge < -0.3 is 0 Å². The lowest BCUT2D eigenvalue weighted by molar-refractivity contribution is 0.493. The fraction of sp³-hybridized carbons (Fsp3) is 0.800. The van der Waals surface area contributed by atoms with E-state index in [2.05, 4.69) is 19.1 Å². The number of halogens is 1. The molecule has 2 unspecified atom stereocenters. The second-order valence-electron chi connectivity index (χ2n) is 3.33. The summed E-state index contributed by atoms with van der Waals surface area (Å²) in [7, 11) is 0. The van der Waals surface area contributed by atoms with Crippen molar-refractivity contribution in [3.63, 3.8) is 0 Å². The Balaban J connectivity index is 2.29. The van der Waals surface area contributed by atoms with Crippen molar-refractivity contribution < 1.29 is 0 Å². The van der Waals surface area contributed by atoms with Crippen LogP contribution in [0.4, 0.5) is 0 Å². The summed E-state index contributed by atoms with van der Waals surface area (Å²) in [5.41, 5.74) is 0. The average Bonchev–Trinajstić information content (AvgIpc) is 2.03. The number of hydrogen-bond acceptors (Lipinski definition) is 0. The second-order valence-corrected chi connectivity index (χ2v) is 3.89. The Morgan fingerprint density at radius 2 is 2.36 bits per heavy atom. The zero-order chi connectivity index (χ0) is 8.10. The molecular formula is C10H17Cl. The molecule has 1 rings (SSSR count). The standard InChI is InChI=1S/C10H17Cl/c1-2-3-6-9-7-4-5-8-10(9)11/h4,7,9-10H,2-3,5-6,8H2,1H3. The minimum Gasteiger partial charge on any atom is -0.122 e. The molecule has 0 aromatic heterocycles. The van der Waals surface area contributed by atoms with Crippen LogP contribution in [0.25, 0.3) is 0 Å². The highest BCUT2D eigenvalue weighted by molar-refractivity contribution is 6.21. The monoisotopic (exact) mass is 172 g/mol. The van der Waals surface area contributed by atoms with Crippen LogP contribution in [-0.2, 0) is 0 Å². The molecule has 0 aromatic rings. The third-order valence-corrected chi connectivity index (χ3v) is 2.89. The van der Waals surface area contributed by atoms with Gasteiger partial charge in [0.25, 0.3) is 0 Å². The molecule has 0 spiro atoms. The van der Waals surface area contributed by atoms with Gasteiger partial charge >= 0.3 is 0 Å². The van der Waals surface area contributed by atoms with Gasteiger partial charge in [-0.1, -0.05) is 31.9 Å². The Hall–Kier alpha value is 0.0300. The van der Waals surface area contributed by atoms with Gasteiger partial charge in [-0.2, -0.15) is 0 Å². The summed E-state index contributed by atoms with van der Waals surface area (Å²) in [5, 5.41) is 0.409. The summed E-state index contributed by atoms with van der Waals surface area (Å²) in [4.78, 5) is 0. The molecule has 0 saturated carbocycles. The molecule has 11 heavy (non-hydrogen) atoms. The zero-order valence-corrected chi connectivity index (χ0v) is 7.98. The van der Waals surface area contributed by atoms with Gasteiger partial charge in [0, 0.05) is 5.38 Å². The van der Waals surface area contributed by atoms with Gasteiger partial charge in [-0.05, 0) is 25.2 Å². The van der Waals surface area contributed by atoms with Crippen LogP contribution in [0.15, 0.2) is 12.2 Å². The smallest absolute Gasteiger partial charge is 0.0401 e. The summed E-state index contributed by atoms with van der Waals surface area (Å²) in [5.74, 6) is 0.658. The van der Waals surface area contributed by atoms with Crippen LogP contribution < -0.4 is 0 Å². The Morgan fingerprint density at radius 3 is 3.00 bits per heavy atom. The van der Waals surface area contributed by atoms with Crippen molar-refractivity contribution in [1.82, 2.24) is 0 Å². The van der Waals surface area contributed by atoms with Crippen LogP contribution in [0.5, 0.6) is 0 Å². The van der Waals surface area contributed by atoms with Crippen LogP contribution in [0.2, 0.25) is 0 Å². The molecule has 0 saturated heterocycles. The maximum Gasteiger partial charge on any atom is 0.0401 e. The third-order valence-electron chi connectivity index (χ3n) is 2.35. The topological polar surface area (TPSA) is 0 Å². The van der Waals surface area contributed by atoms with E-state index in [1.807, 2.05) is 0 Å². The van der Waals surface area contributed by atoms with Crippen molar-refractivity contribution in [3.05, 3.63) is 12.2 Å². The SMILES string of the molecule is CCCCC1C=CCCC1Cl. The van der Waals surface area contributed by atoms with Gasteiger partial charge in [-0.3, -0.25) is 0 Å². The molecule has 1 heteroatoms. The van der Waals surface area contributed by atoms with Crippen LogP contribution in [-0.4, -0.2) is 5.38 Å². The fourth-order valence-electron chi connectivity index (χ4n) is 1.58. The molecular weight excluding hydrogens is 156 g/mol. The van der Waals surface area contributed by atoms with E-state index in [-0.39, 0.29) is 0 Å². The minimum absolute atomic E-state index is 0.409. The largest absolute Gasteiger partial charge is 0.122 e. The lowest BCUT2D eigenvalue weighted by Crippen LogP contribution is -2.15. The van der Waals surface area contributed by atoms with Crippen molar-refractivity contribution in [2.24, 2.45) is 5.92 Å². The normalized spacial score (nSPS) is 30.7. The first-order chi connectivity index (χ1) is 5.34. The summed E-state index contributed by atoms with van der Waals surface area (Å²) in [6.45, 7) is 2.23. The molecule has 0 fully saturated rings. The number of allylic oxidation sites excluding steroid dienone is 2. The van der Waals surface area contributed by atoms with E-state index in [0.29, 0.717) is 11.3 Å². The molecule has 0 aromatic carbocycles. The maximum atomic E-state index is 6.17. The van der Waals surface area contributed by atoms with Crippen molar-refractivity contribution in [1.29, 1.82) is 0 Å². The van der Waals surface area contributed by atoms with Crippen LogP contribution in [0.1, 0.15) is 39.0 Å². The predicted molar refractivity (Wildman–Crippen MR) is 51.0 cm³/mol. The highest BCUT2D eigenvalue weighted by Crippen LogP contribution is 2.27. The Bertz CT molecular complexity index is 129. The fourth-order valence-corrected chi connectivity index (χ4v) is 1.91. The van der Waals surface area contributed by atoms with Crippen LogP contribution in [0.3, 0.4) is 0 Å². The molecule has 0 amide bonds. The van der Waals surface area contributed by atoms with E-state index in [9.17, 15) is 0 Å². The summed E-state index contributed by atoms with van der Waals surface area (Å²) >= 11 is 6.17. The lowest BCUT2D eigenvalue weighted by Gasteiger charge is -2.21. The number of hydrogen-bond donors (Lipinski definition) is 0. The van der Waals surface area contributed by atoms with E-state index >= 15 is 0 Å². The van der Waals surface area contributed by atoms with E-state index < -0.39 is 0 Å². The summed E-state index contributed by atoms with van der Waals surface area (Å²) < 4.78 is 0. The van der Waals surface area contributed by atoms with Crippen molar-refractivity contribution in [2.75, 3.05) is 0 Å². The van der Waals surface area contributed by atoms with Crippen molar-refractivity contribution in [2.45, 2.75) is 44.4 Å². The summed E-state index contributed by atoms with van der Waals surface area (Å²) in [6, 6.07) is 0. The first kappa shape index (κ1) is 9.12. The molecule has 0 aliphatic heterocycles. The van der Waals surface area contributed by atoms with Crippen LogP contribution >= 0.6 is 11.6 Å². The minimum atomic E-state index is 0.409. The molecule has 64 valence electrons. The predicted octanol–water partition coefficient (Wildman–Crippen LogP) is 3.75. The molecule has 0 heterocycles. The second kappa shape index (κ2) is 4.82. The lowest BCUT2D eigenvalue weighted by atomic mass is 9.91. The van der Waals surface area contributed by atoms with E-state index in [1.165, 1.54) is 32.1 Å². The third kappa shape index (κ3) is 2.86. The first-order valence-corrected chi connectivity index (χ1v) is 5.09.